The van der Waals surface area contributed by atoms with Crippen molar-refractivity contribution in [2.75, 3.05) is 26.6 Å². The third-order valence-electron chi connectivity index (χ3n) is 9.79. The number of nitrogens with zero attached hydrogens (tertiary/aromatic N) is 4. The Bertz CT molecular complexity index is 2100. The Balaban J connectivity index is 1.59. The van der Waals surface area contributed by atoms with E-state index in [4.69, 9.17) is 4.74 Å². The minimum atomic E-state index is -1.80. The molecule has 3 amide bonds. The molecule has 1 saturated heterocycles. The van der Waals surface area contributed by atoms with Gasteiger partial charge in [0.25, 0.3) is 11.8 Å². The Hall–Kier alpha value is -5.89. The van der Waals surface area contributed by atoms with E-state index in [1.54, 1.807) is 44.9 Å². The number of rotatable bonds is 3. The van der Waals surface area contributed by atoms with Gasteiger partial charge >= 0.3 is 6.09 Å². The summed E-state index contributed by atoms with van der Waals surface area (Å²) in [7, 11) is 1.76. The van der Waals surface area contributed by atoms with Gasteiger partial charge in [0, 0.05) is 35.2 Å². The summed E-state index contributed by atoms with van der Waals surface area (Å²) in [5, 5.41) is 0. The number of fused-ring (bicyclic) bond motifs is 5. The number of likely N-dealkylation sites (N-methyl/N-ethyl adjacent to an activating group) is 1. The molecule has 244 valence electrons. The zero-order valence-electron chi connectivity index (χ0n) is 27.8. The Morgan fingerprint density at radius 2 is 1.02 bits per heavy atom. The third kappa shape index (κ3) is 4.00. The van der Waals surface area contributed by atoms with E-state index in [1.165, 1.54) is 0 Å². The molecule has 0 N–H and O–H groups in total. The molecule has 49 heavy (non-hydrogen) atoms. The van der Waals surface area contributed by atoms with Gasteiger partial charge < -0.3 is 19.4 Å². The first-order chi connectivity index (χ1) is 23.6. The lowest BCUT2D eigenvalue weighted by Crippen LogP contribution is -2.66. The van der Waals surface area contributed by atoms with Crippen LogP contribution in [0.3, 0.4) is 0 Å². The zero-order chi connectivity index (χ0) is 34.1. The molecule has 8 rings (SSSR count). The highest BCUT2D eigenvalue weighted by atomic mass is 16.6. The maximum absolute atomic E-state index is 16.1. The van der Waals surface area contributed by atoms with Crippen molar-refractivity contribution in [2.45, 2.75) is 43.6 Å². The summed E-state index contributed by atoms with van der Waals surface area (Å²) < 4.78 is 5.92. The largest absolute Gasteiger partial charge is 0.443 e. The van der Waals surface area contributed by atoms with Crippen LogP contribution >= 0.6 is 0 Å². The van der Waals surface area contributed by atoms with Crippen molar-refractivity contribution in [3.8, 4) is 0 Å². The van der Waals surface area contributed by atoms with Crippen LogP contribution in [-0.4, -0.2) is 30.6 Å². The van der Waals surface area contributed by atoms with Gasteiger partial charge in [-0.25, -0.2) is 9.69 Å². The van der Waals surface area contributed by atoms with Crippen LogP contribution in [-0.2, 0) is 25.4 Å². The van der Waals surface area contributed by atoms with Crippen molar-refractivity contribution in [2.24, 2.45) is 0 Å². The number of ether oxygens (including phenoxy) is 1. The van der Waals surface area contributed by atoms with E-state index in [2.05, 4.69) is 9.80 Å². The first-order valence-electron chi connectivity index (χ1n) is 16.4. The molecule has 8 nitrogen and oxygen atoms in total. The van der Waals surface area contributed by atoms with Gasteiger partial charge in [-0.2, -0.15) is 0 Å². The van der Waals surface area contributed by atoms with Crippen LogP contribution in [0, 0.1) is 0 Å². The minimum absolute atomic E-state index is 0.286. The Morgan fingerprint density at radius 3 is 1.55 bits per heavy atom. The molecule has 0 radical (unpaired) electrons. The molecule has 3 aliphatic heterocycles. The van der Waals surface area contributed by atoms with Gasteiger partial charge in [0.1, 0.15) is 11.8 Å². The number of hydrogen-bond acceptors (Lipinski definition) is 6. The molecule has 5 aromatic rings. The van der Waals surface area contributed by atoms with Gasteiger partial charge in [-0.1, -0.05) is 103 Å². The molecule has 0 aliphatic carbocycles. The second-order valence-corrected chi connectivity index (χ2v) is 13.6. The molecular formula is C41H36N4O4. The van der Waals surface area contributed by atoms with Crippen LogP contribution in [0.4, 0.5) is 27.5 Å². The van der Waals surface area contributed by atoms with Crippen LogP contribution in [0.25, 0.3) is 0 Å². The summed E-state index contributed by atoms with van der Waals surface area (Å²) in [5.41, 5.74) is 0.222. The monoisotopic (exact) mass is 648 g/mol. The zero-order valence-corrected chi connectivity index (χ0v) is 27.8. The summed E-state index contributed by atoms with van der Waals surface area (Å²) in [6.45, 7) is 5.32. The number of carbonyl (C=O) groups excluding carboxylic acids is 3. The summed E-state index contributed by atoms with van der Waals surface area (Å²) in [6, 6.07) is 44.4. The predicted octanol–water partition coefficient (Wildman–Crippen LogP) is 7.76. The van der Waals surface area contributed by atoms with E-state index >= 15 is 9.59 Å². The molecule has 3 heterocycles. The number of hydrogen-bond donors (Lipinski definition) is 0. The Kier molecular flexibility index (Phi) is 6.72. The van der Waals surface area contributed by atoms with Crippen molar-refractivity contribution < 1.29 is 19.1 Å². The molecule has 0 saturated carbocycles. The molecule has 5 aromatic carbocycles. The lowest BCUT2D eigenvalue weighted by atomic mass is 9.68. The number of para-hydroxylation sites is 4. The second kappa shape index (κ2) is 10.8. The Morgan fingerprint density at radius 1 is 0.592 bits per heavy atom. The fourth-order valence-corrected chi connectivity index (χ4v) is 8.16. The standard InChI is InChI=1S/C41H36N4O4/c1-39(2,3)49-38(48)43-34-27-17-15-25-32(34)41(37(43)47)40(31-24-14-16-26-33(31)42(4)36(40)46)44(29-20-10-6-11-21-29)35(28-18-8-5-9-19-28)45(41)30-22-12-7-13-23-30/h5-27,35H,1-4H3/t35-,40+,41+/m0/s1. The van der Waals surface area contributed by atoms with Gasteiger partial charge in [0.15, 0.2) is 11.1 Å². The fourth-order valence-electron chi connectivity index (χ4n) is 8.16. The van der Waals surface area contributed by atoms with Gasteiger partial charge in [0.05, 0.1) is 5.69 Å². The molecule has 8 heteroatoms. The maximum Gasteiger partial charge on any atom is 0.421 e. The summed E-state index contributed by atoms with van der Waals surface area (Å²) in [4.78, 5) is 53.0. The van der Waals surface area contributed by atoms with E-state index in [0.29, 0.717) is 28.2 Å². The summed E-state index contributed by atoms with van der Waals surface area (Å²) in [5.74, 6) is -0.851. The maximum atomic E-state index is 16.1. The number of amides is 3. The summed E-state index contributed by atoms with van der Waals surface area (Å²) >= 11 is 0. The lowest BCUT2D eigenvalue weighted by molar-refractivity contribution is -0.132. The smallest absolute Gasteiger partial charge is 0.421 e. The highest BCUT2D eigenvalue weighted by Crippen LogP contribution is 2.69. The van der Waals surface area contributed by atoms with E-state index < -0.39 is 34.8 Å². The SMILES string of the molecule is CN1C(=O)[C@@]2(c3ccccc31)N(c1ccccc1)[C@H](c1ccccc1)N(c1ccccc1)[C@]21C(=O)N(C(=O)OC(C)(C)C)c2ccccc21. The number of anilines is 4. The van der Waals surface area contributed by atoms with E-state index in [0.717, 1.165) is 16.2 Å². The van der Waals surface area contributed by atoms with Gasteiger partial charge in [-0.05, 0) is 62.7 Å². The Labute approximate surface area is 285 Å². The molecule has 0 bridgehead atoms. The van der Waals surface area contributed by atoms with Crippen molar-refractivity contribution in [1.29, 1.82) is 0 Å². The van der Waals surface area contributed by atoms with Crippen LogP contribution in [0.15, 0.2) is 140 Å². The van der Waals surface area contributed by atoms with Crippen molar-refractivity contribution in [3.63, 3.8) is 0 Å². The van der Waals surface area contributed by atoms with Gasteiger partial charge in [0.2, 0.25) is 0 Å². The molecule has 2 spiro atoms. The number of carbonyl (C=O) groups is 3. The van der Waals surface area contributed by atoms with Gasteiger partial charge in [-0.3, -0.25) is 9.59 Å². The van der Waals surface area contributed by atoms with E-state index in [1.807, 2.05) is 127 Å². The van der Waals surface area contributed by atoms with Crippen LogP contribution < -0.4 is 19.6 Å². The molecule has 1 fully saturated rings. The summed E-state index contributed by atoms with van der Waals surface area (Å²) in [6.07, 6.45) is -1.49. The molecule has 3 atom stereocenters. The first kappa shape index (κ1) is 30.4. The van der Waals surface area contributed by atoms with Gasteiger partial charge in [-0.15, -0.1) is 0 Å². The molecule has 3 aliphatic rings. The lowest BCUT2D eigenvalue weighted by Gasteiger charge is -2.45. The molecular weight excluding hydrogens is 612 g/mol. The van der Waals surface area contributed by atoms with Crippen LogP contribution in [0.1, 0.15) is 43.6 Å². The van der Waals surface area contributed by atoms with Crippen LogP contribution in [0.2, 0.25) is 0 Å². The van der Waals surface area contributed by atoms with Crippen molar-refractivity contribution in [1.82, 2.24) is 0 Å². The van der Waals surface area contributed by atoms with Crippen LogP contribution in [0.5, 0.6) is 0 Å². The molecule has 0 unspecified atom stereocenters. The predicted molar refractivity (Wildman–Crippen MR) is 190 cm³/mol. The number of benzene rings is 5. The average molecular weight is 649 g/mol. The minimum Gasteiger partial charge on any atom is -0.443 e. The highest BCUT2D eigenvalue weighted by Gasteiger charge is 2.82. The van der Waals surface area contributed by atoms with E-state index in [-0.39, 0.29) is 5.91 Å². The fraction of sp³-hybridized carbons (Fsp3) is 0.195. The van der Waals surface area contributed by atoms with Crippen molar-refractivity contribution >= 4 is 40.7 Å². The first-order valence-corrected chi connectivity index (χ1v) is 16.4. The normalized spacial score (nSPS) is 22.7. The highest BCUT2D eigenvalue weighted by molar-refractivity contribution is 6.28. The topological polar surface area (TPSA) is 73.4 Å². The quantitative estimate of drug-likeness (QED) is 0.199. The van der Waals surface area contributed by atoms with Crippen molar-refractivity contribution in [3.05, 3.63) is 156 Å². The second-order valence-electron chi connectivity index (χ2n) is 13.6. The third-order valence-corrected chi connectivity index (χ3v) is 9.79. The molecule has 0 aromatic heterocycles. The average Bonchev–Trinajstić information content (AvgIpc) is 3.64. The number of imide groups is 1. The van der Waals surface area contributed by atoms with E-state index in [9.17, 15) is 4.79 Å².